The van der Waals surface area contributed by atoms with Gasteiger partial charge in [0.25, 0.3) is 0 Å². The van der Waals surface area contributed by atoms with E-state index in [0.717, 1.165) is 35.5 Å². The summed E-state index contributed by atoms with van der Waals surface area (Å²) in [5.74, 6) is -0.175. The highest BCUT2D eigenvalue weighted by atomic mass is 35.5. The summed E-state index contributed by atoms with van der Waals surface area (Å²) < 4.78 is 1.98. The molecule has 4 aromatic rings. The van der Waals surface area contributed by atoms with E-state index in [0.29, 0.717) is 15.9 Å². The van der Waals surface area contributed by atoms with Gasteiger partial charge < -0.3 is 10.0 Å². The summed E-state index contributed by atoms with van der Waals surface area (Å²) >= 11 is 7.77. The van der Waals surface area contributed by atoms with Gasteiger partial charge >= 0.3 is 5.97 Å². The zero-order valence-electron chi connectivity index (χ0n) is 20.8. The molecule has 186 valence electrons. The Kier molecular flexibility index (Phi) is 8.01. The van der Waals surface area contributed by atoms with Crippen molar-refractivity contribution in [3.05, 3.63) is 99.8 Å². The van der Waals surface area contributed by atoms with Gasteiger partial charge in [-0.05, 0) is 54.8 Å². The summed E-state index contributed by atoms with van der Waals surface area (Å²) in [6.07, 6.45) is 1.62. The number of rotatable bonds is 9. The van der Waals surface area contributed by atoms with Gasteiger partial charge in [0.2, 0.25) is 0 Å². The summed E-state index contributed by atoms with van der Waals surface area (Å²) in [6, 6.07) is 21.8. The van der Waals surface area contributed by atoms with Gasteiger partial charge in [-0.3, -0.25) is 4.57 Å². The number of aromatic carboxylic acids is 1. The molecule has 0 amide bonds. The fourth-order valence-electron chi connectivity index (χ4n) is 4.06. The molecule has 1 heterocycles. The highest BCUT2D eigenvalue weighted by Gasteiger charge is 2.23. The molecule has 3 aromatic carbocycles. The maximum atomic E-state index is 12.1. The minimum Gasteiger partial charge on any atom is -0.478 e. The minimum absolute atomic E-state index is 0.0553. The number of anilines is 1. The van der Waals surface area contributed by atoms with E-state index in [1.807, 2.05) is 55.1 Å². The van der Waals surface area contributed by atoms with Crippen molar-refractivity contribution >= 4 is 35.0 Å². The predicted molar refractivity (Wildman–Crippen MR) is 147 cm³/mol. The second kappa shape index (κ2) is 11.2. The highest BCUT2D eigenvalue weighted by Crippen LogP contribution is 2.41. The fourth-order valence-corrected chi connectivity index (χ4v) is 5.39. The number of halogens is 1. The van der Waals surface area contributed by atoms with Gasteiger partial charge in [-0.1, -0.05) is 72.2 Å². The highest BCUT2D eigenvalue weighted by molar-refractivity contribution is 7.99. The average Bonchev–Trinajstić information content (AvgIpc) is 3.25. The standard InChI is InChI=1S/C28H29ClN4O2S/c1-5-6-25-30-31-28(33(25)22-15-16-24(32(3)4)23(17-22)27(34)35)36-26(19-9-7-18(2)8-10-19)20-11-13-21(29)14-12-20/h7-17,26H,5-6H2,1-4H3,(H,34,35). The van der Waals surface area contributed by atoms with Crippen LogP contribution in [-0.4, -0.2) is 39.9 Å². The van der Waals surface area contributed by atoms with E-state index in [2.05, 4.69) is 48.3 Å². The van der Waals surface area contributed by atoms with Crippen LogP contribution in [0.15, 0.2) is 71.9 Å². The second-order valence-corrected chi connectivity index (χ2v) is 10.4. The molecule has 0 saturated heterocycles. The monoisotopic (exact) mass is 520 g/mol. The van der Waals surface area contributed by atoms with Crippen molar-refractivity contribution < 1.29 is 9.90 Å². The molecule has 36 heavy (non-hydrogen) atoms. The van der Waals surface area contributed by atoms with E-state index in [4.69, 9.17) is 11.6 Å². The molecule has 0 aliphatic rings. The number of hydrogen-bond donors (Lipinski definition) is 1. The smallest absolute Gasteiger partial charge is 0.337 e. The molecule has 1 unspecified atom stereocenters. The van der Waals surface area contributed by atoms with Crippen LogP contribution in [0.4, 0.5) is 5.69 Å². The van der Waals surface area contributed by atoms with Gasteiger partial charge in [0, 0.05) is 25.5 Å². The van der Waals surface area contributed by atoms with Gasteiger partial charge in [0.1, 0.15) is 5.82 Å². The summed E-state index contributed by atoms with van der Waals surface area (Å²) in [4.78, 5) is 13.9. The number of carboxylic acid groups (broad SMARTS) is 1. The number of carbonyl (C=O) groups is 1. The van der Waals surface area contributed by atoms with Gasteiger partial charge in [0.05, 0.1) is 22.2 Å². The topological polar surface area (TPSA) is 71.2 Å². The Hall–Kier alpha value is -3.29. The molecule has 1 N–H and O–H groups in total. The number of hydrogen-bond acceptors (Lipinski definition) is 5. The maximum Gasteiger partial charge on any atom is 0.337 e. The molecule has 0 aliphatic carbocycles. The largest absolute Gasteiger partial charge is 0.478 e. The molecule has 0 fully saturated rings. The van der Waals surface area contributed by atoms with Crippen LogP contribution in [0.5, 0.6) is 0 Å². The van der Waals surface area contributed by atoms with E-state index >= 15 is 0 Å². The van der Waals surface area contributed by atoms with Gasteiger partial charge in [-0.25, -0.2) is 4.79 Å². The third-order valence-corrected chi connectivity index (χ3v) is 7.41. The number of aryl methyl sites for hydroxylation is 2. The number of aromatic nitrogens is 3. The molecule has 0 saturated carbocycles. The molecule has 6 nitrogen and oxygen atoms in total. The molecule has 0 spiro atoms. The summed E-state index contributed by atoms with van der Waals surface area (Å²) in [5, 5.41) is 20.3. The van der Waals surface area contributed by atoms with Crippen molar-refractivity contribution in [2.75, 3.05) is 19.0 Å². The van der Waals surface area contributed by atoms with Crippen LogP contribution in [-0.2, 0) is 6.42 Å². The lowest BCUT2D eigenvalue weighted by molar-refractivity contribution is 0.0697. The fraction of sp³-hybridized carbons (Fsp3) is 0.250. The summed E-state index contributed by atoms with van der Waals surface area (Å²) in [7, 11) is 3.67. The first-order chi connectivity index (χ1) is 17.3. The van der Waals surface area contributed by atoms with Crippen LogP contribution in [0.1, 0.15) is 51.5 Å². The van der Waals surface area contributed by atoms with Crippen LogP contribution in [0, 0.1) is 6.92 Å². The number of nitrogens with zero attached hydrogens (tertiary/aromatic N) is 4. The Morgan fingerprint density at radius 2 is 1.67 bits per heavy atom. The SMILES string of the molecule is CCCc1nnc(SC(c2ccc(C)cc2)c2ccc(Cl)cc2)n1-c1ccc(N(C)C)c(C(=O)O)c1. The Morgan fingerprint density at radius 3 is 2.25 bits per heavy atom. The Balaban J connectivity index is 1.83. The third kappa shape index (κ3) is 5.58. The molecule has 4 rings (SSSR count). The number of benzene rings is 3. The first-order valence-electron chi connectivity index (χ1n) is 11.8. The van der Waals surface area contributed by atoms with Crippen molar-refractivity contribution in [3.63, 3.8) is 0 Å². The van der Waals surface area contributed by atoms with Crippen LogP contribution in [0.2, 0.25) is 5.02 Å². The van der Waals surface area contributed by atoms with Crippen LogP contribution in [0.25, 0.3) is 5.69 Å². The molecule has 0 radical (unpaired) electrons. The van der Waals surface area contributed by atoms with Crippen molar-refractivity contribution in [2.45, 2.75) is 37.1 Å². The molecule has 1 aromatic heterocycles. The quantitative estimate of drug-likeness (QED) is 0.244. The first kappa shape index (κ1) is 25.8. The molecule has 0 bridgehead atoms. The Morgan fingerprint density at radius 1 is 1.03 bits per heavy atom. The van der Waals surface area contributed by atoms with Crippen molar-refractivity contribution in [2.24, 2.45) is 0 Å². The molecule has 0 aliphatic heterocycles. The third-order valence-electron chi connectivity index (χ3n) is 5.90. The van der Waals surface area contributed by atoms with Gasteiger partial charge in [-0.15, -0.1) is 10.2 Å². The second-order valence-electron chi connectivity index (χ2n) is 8.85. The molecular formula is C28H29ClN4O2S. The average molecular weight is 521 g/mol. The zero-order valence-corrected chi connectivity index (χ0v) is 22.3. The number of thioether (sulfide) groups is 1. The van der Waals surface area contributed by atoms with E-state index in [-0.39, 0.29) is 10.8 Å². The normalized spacial score (nSPS) is 11.9. The van der Waals surface area contributed by atoms with Crippen molar-refractivity contribution in [3.8, 4) is 5.69 Å². The van der Waals surface area contributed by atoms with Gasteiger partial charge in [-0.2, -0.15) is 0 Å². The summed E-state index contributed by atoms with van der Waals surface area (Å²) in [5.41, 5.74) is 5.02. The van der Waals surface area contributed by atoms with E-state index < -0.39 is 5.97 Å². The van der Waals surface area contributed by atoms with E-state index in [1.165, 1.54) is 5.56 Å². The summed E-state index contributed by atoms with van der Waals surface area (Å²) in [6.45, 7) is 4.16. The lowest BCUT2D eigenvalue weighted by Gasteiger charge is -2.20. The van der Waals surface area contributed by atoms with E-state index in [1.54, 1.807) is 22.7 Å². The zero-order chi connectivity index (χ0) is 25.8. The first-order valence-corrected chi connectivity index (χ1v) is 13.0. The lowest BCUT2D eigenvalue weighted by atomic mass is 10.0. The van der Waals surface area contributed by atoms with Crippen LogP contribution < -0.4 is 4.90 Å². The van der Waals surface area contributed by atoms with E-state index in [9.17, 15) is 9.90 Å². The predicted octanol–water partition coefficient (Wildman–Crippen LogP) is 6.83. The van der Waals surface area contributed by atoms with Crippen LogP contribution >= 0.6 is 23.4 Å². The van der Waals surface area contributed by atoms with Crippen LogP contribution in [0.3, 0.4) is 0 Å². The van der Waals surface area contributed by atoms with Crippen molar-refractivity contribution in [1.29, 1.82) is 0 Å². The van der Waals surface area contributed by atoms with Crippen molar-refractivity contribution in [1.82, 2.24) is 14.8 Å². The molecular weight excluding hydrogens is 492 g/mol. The number of carboxylic acids is 1. The maximum absolute atomic E-state index is 12.1. The minimum atomic E-state index is -0.974. The Bertz CT molecular complexity index is 1310. The molecule has 8 heteroatoms. The van der Waals surface area contributed by atoms with Gasteiger partial charge in [0.15, 0.2) is 5.16 Å². The lowest BCUT2D eigenvalue weighted by Crippen LogP contribution is -2.15. The molecule has 1 atom stereocenters. The Labute approximate surface area is 220 Å².